The SMILES string of the molecule is O=C(Nc1cc(Br)ccc1N1CCN(CCO)CC1)c1cc2ccccc2oc1=O. The lowest BCUT2D eigenvalue weighted by atomic mass is 10.1. The lowest BCUT2D eigenvalue weighted by Gasteiger charge is -2.36. The number of aliphatic hydroxyl groups excluding tert-OH is 1. The number of hydrogen-bond acceptors (Lipinski definition) is 6. The summed E-state index contributed by atoms with van der Waals surface area (Å²) in [5.74, 6) is -0.507. The van der Waals surface area contributed by atoms with Crippen molar-refractivity contribution in [3.8, 4) is 0 Å². The van der Waals surface area contributed by atoms with Crippen LogP contribution in [0.1, 0.15) is 10.4 Å². The molecule has 0 aliphatic carbocycles. The van der Waals surface area contributed by atoms with E-state index in [1.807, 2.05) is 24.3 Å². The molecule has 8 heteroatoms. The molecule has 2 N–H and O–H groups in total. The van der Waals surface area contributed by atoms with Crippen LogP contribution in [0.3, 0.4) is 0 Å². The number of benzene rings is 2. The van der Waals surface area contributed by atoms with E-state index in [1.54, 1.807) is 24.3 Å². The fourth-order valence-corrected chi connectivity index (χ4v) is 4.01. The quantitative estimate of drug-likeness (QED) is 0.556. The van der Waals surface area contributed by atoms with Crippen LogP contribution in [0, 0.1) is 0 Å². The third-order valence-electron chi connectivity index (χ3n) is 5.22. The van der Waals surface area contributed by atoms with E-state index in [2.05, 4.69) is 31.0 Å². The standard InChI is InChI=1S/C22H22BrN3O4/c23-16-5-6-19(26-9-7-25(8-10-26)11-12-27)18(14-16)24-21(28)17-13-15-3-1-2-4-20(15)30-22(17)29/h1-6,13-14,27H,7-12H2,(H,24,28). The molecule has 0 atom stereocenters. The van der Waals surface area contributed by atoms with Gasteiger partial charge in [0, 0.05) is 42.6 Å². The lowest BCUT2D eigenvalue weighted by molar-refractivity contribution is 0.102. The fraction of sp³-hybridized carbons (Fsp3) is 0.273. The molecular formula is C22H22BrN3O4. The highest BCUT2D eigenvalue weighted by Crippen LogP contribution is 2.30. The van der Waals surface area contributed by atoms with Crippen molar-refractivity contribution in [2.45, 2.75) is 0 Å². The van der Waals surface area contributed by atoms with E-state index < -0.39 is 11.5 Å². The van der Waals surface area contributed by atoms with Crippen molar-refractivity contribution in [3.63, 3.8) is 0 Å². The topological polar surface area (TPSA) is 86.0 Å². The highest BCUT2D eigenvalue weighted by atomic mass is 79.9. The van der Waals surface area contributed by atoms with Crippen molar-refractivity contribution in [1.29, 1.82) is 0 Å². The average molecular weight is 472 g/mol. The van der Waals surface area contributed by atoms with Gasteiger partial charge < -0.3 is 19.7 Å². The summed E-state index contributed by atoms with van der Waals surface area (Å²) >= 11 is 3.46. The minimum Gasteiger partial charge on any atom is -0.422 e. The summed E-state index contributed by atoms with van der Waals surface area (Å²) in [5, 5.41) is 12.7. The van der Waals surface area contributed by atoms with Crippen molar-refractivity contribution < 1.29 is 14.3 Å². The first-order valence-corrected chi connectivity index (χ1v) is 10.6. The molecule has 4 rings (SSSR count). The zero-order chi connectivity index (χ0) is 21.1. The Hall–Kier alpha value is -2.68. The number of amides is 1. The zero-order valence-corrected chi connectivity index (χ0v) is 17.9. The maximum absolute atomic E-state index is 12.9. The minimum atomic E-state index is -0.666. The molecule has 1 amide bonds. The van der Waals surface area contributed by atoms with Crippen LogP contribution in [-0.4, -0.2) is 55.2 Å². The van der Waals surface area contributed by atoms with Gasteiger partial charge in [0.05, 0.1) is 18.0 Å². The van der Waals surface area contributed by atoms with Gasteiger partial charge in [0.25, 0.3) is 5.91 Å². The van der Waals surface area contributed by atoms with Crippen LogP contribution in [0.4, 0.5) is 11.4 Å². The second kappa shape index (κ2) is 8.99. The molecule has 3 aromatic rings. The monoisotopic (exact) mass is 471 g/mol. The lowest BCUT2D eigenvalue weighted by Crippen LogP contribution is -2.47. The molecule has 0 radical (unpaired) electrons. The number of nitrogens with one attached hydrogen (secondary N) is 1. The first-order chi connectivity index (χ1) is 14.5. The number of piperazine rings is 1. The molecule has 1 aromatic heterocycles. The molecule has 1 fully saturated rings. The number of carbonyl (C=O) groups excluding carboxylic acids is 1. The van der Waals surface area contributed by atoms with Crippen LogP contribution in [-0.2, 0) is 0 Å². The number of fused-ring (bicyclic) bond motifs is 1. The second-order valence-corrected chi connectivity index (χ2v) is 8.07. The Bertz CT molecular complexity index is 1120. The van der Waals surface area contributed by atoms with Crippen LogP contribution in [0.5, 0.6) is 0 Å². The van der Waals surface area contributed by atoms with Crippen molar-refractivity contribution in [2.75, 3.05) is 49.5 Å². The van der Waals surface area contributed by atoms with Crippen molar-refractivity contribution >= 4 is 44.2 Å². The molecule has 0 saturated carbocycles. The Morgan fingerprint density at radius 2 is 1.87 bits per heavy atom. The van der Waals surface area contributed by atoms with Gasteiger partial charge in [-0.25, -0.2) is 4.79 Å². The second-order valence-electron chi connectivity index (χ2n) is 7.15. The molecule has 0 spiro atoms. The van der Waals surface area contributed by atoms with E-state index in [9.17, 15) is 9.59 Å². The number of carbonyl (C=O) groups is 1. The van der Waals surface area contributed by atoms with Crippen molar-refractivity contribution in [3.05, 3.63) is 69.0 Å². The minimum absolute atomic E-state index is 0.0348. The van der Waals surface area contributed by atoms with Crippen molar-refractivity contribution in [2.24, 2.45) is 0 Å². The molecule has 30 heavy (non-hydrogen) atoms. The van der Waals surface area contributed by atoms with Gasteiger partial charge in [-0.05, 0) is 30.3 Å². The number of nitrogens with zero attached hydrogens (tertiary/aromatic N) is 2. The summed E-state index contributed by atoms with van der Waals surface area (Å²) in [6.07, 6.45) is 0. The van der Waals surface area contributed by atoms with E-state index in [0.717, 1.165) is 36.3 Å². The third-order valence-corrected chi connectivity index (χ3v) is 5.72. The number of para-hydroxylation sites is 1. The Morgan fingerprint density at radius 3 is 2.63 bits per heavy atom. The molecule has 2 aromatic carbocycles. The molecule has 1 saturated heterocycles. The van der Waals surface area contributed by atoms with E-state index in [0.29, 0.717) is 23.2 Å². The Balaban J connectivity index is 1.59. The average Bonchev–Trinajstić information content (AvgIpc) is 2.74. The van der Waals surface area contributed by atoms with Gasteiger partial charge in [0.1, 0.15) is 11.1 Å². The van der Waals surface area contributed by atoms with Crippen LogP contribution >= 0.6 is 15.9 Å². The first kappa shape index (κ1) is 20.6. The largest absolute Gasteiger partial charge is 0.422 e. The summed E-state index contributed by atoms with van der Waals surface area (Å²) in [6, 6.07) is 14.4. The Kier molecular flexibility index (Phi) is 6.17. The van der Waals surface area contributed by atoms with Crippen LogP contribution in [0.15, 0.2) is 62.2 Å². The van der Waals surface area contributed by atoms with Gasteiger partial charge >= 0.3 is 5.63 Å². The molecule has 7 nitrogen and oxygen atoms in total. The van der Waals surface area contributed by atoms with Gasteiger partial charge in [-0.3, -0.25) is 9.69 Å². The summed E-state index contributed by atoms with van der Waals surface area (Å²) in [5.41, 5.74) is 1.26. The number of anilines is 2. The maximum Gasteiger partial charge on any atom is 0.349 e. The van der Waals surface area contributed by atoms with Crippen LogP contribution in [0.25, 0.3) is 11.0 Å². The summed E-state index contributed by atoms with van der Waals surface area (Å²) in [7, 11) is 0. The number of β-amino-alcohol motifs (C(OH)–C–C–N with tert-alkyl or cyclic N) is 1. The van der Waals surface area contributed by atoms with E-state index in [-0.39, 0.29) is 12.2 Å². The number of rotatable bonds is 5. The van der Waals surface area contributed by atoms with Gasteiger partial charge in [0.2, 0.25) is 0 Å². The van der Waals surface area contributed by atoms with Gasteiger partial charge in [0.15, 0.2) is 0 Å². The molecule has 0 unspecified atom stereocenters. The van der Waals surface area contributed by atoms with Gasteiger partial charge in [-0.1, -0.05) is 34.1 Å². The molecule has 156 valence electrons. The third kappa shape index (κ3) is 4.40. The van der Waals surface area contributed by atoms with E-state index >= 15 is 0 Å². The van der Waals surface area contributed by atoms with E-state index in [4.69, 9.17) is 9.52 Å². The van der Waals surface area contributed by atoms with Gasteiger partial charge in [-0.2, -0.15) is 0 Å². The number of halogens is 1. The normalized spacial score (nSPS) is 14.8. The molecule has 2 heterocycles. The smallest absolute Gasteiger partial charge is 0.349 e. The predicted octanol–water partition coefficient (Wildman–Crippen LogP) is 2.92. The predicted molar refractivity (Wildman–Crippen MR) is 120 cm³/mol. The highest BCUT2D eigenvalue weighted by Gasteiger charge is 2.21. The van der Waals surface area contributed by atoms with Crippen LogP contribution < -0.4 is 15.8 Å². The molecular weight excluding hydrogens is 450 g/mol. The van der Waals surface area contributed by atoms with Crippen molar-refractivity contribution in [1.82, 2.24) is 4.90 Å². The van der Waals surface area contributed by atoms with Gasteiger partial charge in [-0.15, -0.1) is 0 Å². The zero-order valence-electron chi connectivity index (χ0n) is 16.3. The molecule has 0 bridgehead atoms. The Morgan fingerprint density at radius 1 is 1.10 bits per heavy atom. The Labute approximate surface area is 182 Å². The number of hydrogen-bond donors (Lipinski definition) is 2. The van der Waals surface area contributed by atoms with Crippen LogP contribution in [0.2, 0.25) is 0 Å². The molecule has 1 aliphatic rings. The highest BCUT2D eigenvalue weighted by molar-refractivity contribution is 9.10. The maximum atomic E-state index is 12.9. The number of aliphatic hydroxyl groups is 1. The first-order valence-electron chi connectivity index (χ1n) is 9.77. The molecule has 1 aliphatic heterocycles. The summed E-state index contributed by atoms with van der Waals surface area (Å²) in [6.45, 7) is 4.03. The summed E-state index contributed by atoms with van der Waals surface area (Å²) < 4.78 is 6.12. The van der Waals surface area contributed by atoms with E-state index in [1.165, 1.54) is 0 Å². The fourth-order valence-electron chi connectivity index (χ4n) is 3.65. The summed E-state index contributed by atoms with van der Waals surface area (Å²) in [4.78, 5) is 29.7.